The summed E-state index contributed by atoms with van der Waals surface area (Å²) in [7, 11) is 1.12. The molecule has 7 nitrogen and oxygen atoms in total. The lowest BCUT2D eigenvalue weighted by molar-refractivity contribution is 0.313. The van der Waals surface area contributed by atoms with Crippen molar-refractivity contribution in [3.05, 3.63) is 59.8 Å². The van der Waals surface area contributed by atoms with Crippen LogP contribution in [0.4, 0.5) is 28.8 Å². The van der Waals surface area contributed by atoms with Gasteiger partial charge in [0.05, 0.1) is 10.8 Å². The van der Waals surface area contributed by atoms with E-state index in [2.05, 4.69) is 61.7 Å². The Hall–Kier alpha value is -2.97. The fourth-order valence-electron chi connectivity index (χ4n) is 3.70. The van der Waals surface area contributed by atoms with Gasteiger partial charge in [0.15, 0.2) is 0 Å². The zero-order valence-corrected chi connectivity index (χ0v) is 19.9. The van der Waals surface area contributed by atoms with Gasteiger partial charge in [-0.1, -0.05) is 6.07 Å². The van der Waals surface area contributed by atoms with Crippen LogP contribution in [0.3, 0.4) is 0 Å². The molecule has 0 amide bonds. The van der Waals surface area contributed by atoms with Crippen molar-refractivity contribution in [1.29, 1.82) is 0 Å². The second kappa shape index (κ2) is 9.67. The van der Waals surface area contributed by atoms with Crippen LogP contribution in [-0.2, 0) is 10.8 Å². The summed E-state index contributed by atoms with van der Waals surface area (Å²) in [5.74, 6) is 1.24. The molecular weight excluding hydrogens is 420 g/mol. The number of likely N-dealkylation sites (N-methyl/N-ethyl adjacent to an activating group) is 1. The average molecular weight is 451 g/mol. The molecule has 1 aliphatic heterocycles. The summed E-state index contributed by atoms with van der Waals surface area (Å²) in [5, 5.41) is 6.64. The quantitative estimate of drug-likeness (QED) is 0.586. The van der Waals surface area contributed by atoms with Gasteiger partial charge in [-0.2, -0.15) is 4.98 Å². The average Bonchev–Trinajstić information content (AvgIpc) is 2.78. The summed E-state index contributed by atoms with van der Waals surface area (Å²) in [4.78, 5) is 14.7. The Morgan fingerprint density at radius 2 is 1.59 bits per heavy atom. The summed E-state index contributed by atoms with van der Waals surface area (Å²) in [5.41, 5.74) is 4.97. The highest BCUT2D eigenvalue weighted by molar-refractivity contribution is 7.84. The Morgan fingerprint density at radius 1 is 0.906 bits per heavy atom. The Morgan fingerprint density at radius 3 is 2.28 bits per heavy atom. The van der Waals surface area contributed by atoms with E-state index >= 15 is 0 Å². The van der Waals surface area contributed by atoms with Crippen molar-refractivity contribution < 1.29 is 4.21 Å². The number of aryl methyl sites for hydroxylation is 2. The Bertz CT molecular complexity index is 1110. The number of nitrogens with zero attached hydrogens (tertiary/aromatic N) is 4. The van der Waals surface area contributed by atoms with Crippen molar-refractivity contribution >= 4 is 39.6 Å². The first kappa shape index (κ1) is 22.2. The number of hydrogen-bond donors (Lipinski definition) is 2. The van der Waals surface area contributed by atoms with Crippen molar-refractivity contribution in [2.24, 2.45) is 0 Å². The number of nitrogens with one attached hydrogen (secondary N) is 2. The van der Waals surface area contributed by atoms with Gasteiger partial charge < -0.3 is 20.4 Å². The van der Waals surface area contributed by atoms with Crippen LogP contribution >= 0.6 is 0 Å². The van der Waals surface area contributed by atoms with E-state index in [0.29, 0.717) is 11.8 Å². The fraction of sp³-hybridized carbons (Fsp3) is 0.333. The molecule has 2 aromatic carbocycles. The molecule has 4 rings (SSSR count). The maximum absolute atomic E-state index is 12.0. The van der Waals surface area contributed by atoms with Crippen LogP contribution in [0.2, 0.25) is 0 Å². The first-order chi connectivity index (χ1) is 15.4. The van der Waals surface area contributed by atoms with Crippen LogP contribution in [0.25, 0.3) is 0 Å². The van der Waals surface area contributed by atoms with Crippen LogP contribution < -0.4 is 15.5 Å². The number of piperazine rings is 1. The molecule has 2 N–H and O–H groups in total. The Balaban J connectivity index is 1.47. The van der Waals surface area contributed by atoms with E-state index in [1.807, 2.05) is 32.0 Å². The zero-order chi connectivity index (χ0) is 22.7. The van der Waals surface area contributed by atoms with Crippen molar-refractivity contribution in [3.63, 3.8) is 0 Å². The fourth-order valence-corrected chi connectivity index (χ4v) is 4.52. The molecule has 1 aromatic heterocycles. The maximum atomic E-state index is 12.0. The number of hydrogen-bond acceptors (Lipinski definition) is 7. The van der Waals surface area contributed by atoms with Gasteiger partial charge in [-0.25, -0.2) is 4.98 Å². The van der Waals surface area contributed by atoms with Crippen LogP contribution in [0, 0.1) is 13.8 Å². The molecule has 1 fully saturated rings. The summed E-state index contributed by atoms with van der Waals surface area (Å²) in [6, 6.07) is 14.3. The number of anilines is 5. The molecule has 0 aliphatic carbocycles. The van der Waals surface area contributed by atoms with Crippen molar-refractivity contribution in [2.75, 3.05) is 55.0 Å². The molecule has 32 heavy (non-hydrogen) atoms. The molecule has 1 aliphatic rings. The predicted molar refractivity (Wildman–Crippen MR) is 133 cm³/mol. The van der Waals surface area contributed by atoms with Gasteiger partial charge in [-0.15, -0.1) is 0 Å². The zero-order valence-electron chi connectivity index (χ0n) is 19.1. The molecule has 1 unspecified atom stereocenters. The standard InChI is InChI=1S/C24H30N6OS/c1-17-5-6-20(15-22(17)32(4)31)26-23-18(2)16-25-24(28-23)27-19-7-9-21(10-8-19)30-13-11-29(3)12-14-30/h5-10,15-16H,11-14H2,1-4H3,(H2,25,26,27,28). The molecule has 0 saturated carbocycles. The van der Waals surface area contributed by atoms with E-state index < -0.39 is 10.8 Å². The van der Waals surface area contributed by atoms with Gasteiger partial charge in [0.2, 0.25) is 5.95 Å². The lowest BCUT2D eigenvalue weighted by Crippen LogP contribution is -2.44. The minimum absolute atomic E-state index is 0.525. The Kier molecular flexibility index (Phi) is 6.72. The van der Waals surface area contributed by atoms with Gasteiger partial charge in [-0.3, -0.25) is 4.21 Å². The summed E-state index contributed by atoms with van der Waals surface area (Å²) >= 11 is 0. The smallest absolute Gasteiger partial charge is 0.229 e. The van der Waals surface area contributed by atoms with Gasteiger partial charge >= 0.3 is 0 Å². The molecule has 168 valence electrons. The minimum Gasteiger partial charge on any atom is -0.369 e. The predicted octanol–water partition coefficient (Wildman–Crippen LogP) is 4.07. The lowest BCUT2D eigenvalue weighted by atomic mass is 10.2. The topological polar surface area (TPSA) is 73.4 Å². The van der Waals surface area contributed by atoms with E-state index in [9.17, 15) is 4.21 Å². The summed E-state index contributed by atoms with van der Waals surface area (Å²) in [6.45, 7) is 8.20. The van der Waals surface area contributed by atoms with Gasteiger partial charge in [0, 0.05) is 66.2 Å². The van der Waals surface area contributed by atoms with E-state index in [1.54, 1.807) is 12.5 Å². The third kappa shape index (κ3) is 5.26. The van der Waals surface area contributed by atoms with Crippen LogP contribution in [0.15, 0.2) is 53.6 Å². The molecule has 0 bridgehead atoms. The molecule has 1 saturated heterocycles. The van der Waals surface area contributed by atoms with Gasteiger partial charge in [-0.05, 0) is 62.9 Å². The summed E-state index contributed by atoms with van der Waals surface area (Å²) < 4.78 is 12.0. The van der Waals surface area contributed by atoms with Crippen LogP contribution in [0.1, 0.15) is 11.1 Å². The number of rotatable bonds is 6. The number of benzene rings is 2. The van der Waals surface area contributed by atoms with Crippen LogP contribution in [0.5, 0.6) is 0 Å². The third-order valence-corrected chi connectivity index (χ3v) is 6.78. The third-order valence-electron chi connectivity index (χ3n) is 5.72. The van der Waals surface area contributed by atoms with Gasteiger partial charge in [0.25, 0.3) is 0 Å². The maximum Gasteiger partial charge on any atom is 0.229 e. The second-order valence-corrected chi connectivity index (χ2v) is 9.59. The molecule has 2 heterocycles. The molecule has 0 radical (unpaired) electrons. The van der Waals surface area contributed by atoms with Crippen LogP contribution in [-0.4, -0.2) is 58.6 Å². The highest BCUT2D eigenvalue weighted by Crippen LogP contribution is 2.25. The number of aromatic nitrogens is 2. The lowest BCUT2D eigenvalue weighted by Gasteiger charge is -2.34. The molecule has 8 heteroatoms. The monoisotopic (exact) mass is 450 g/mol. The van der Waals surface area contributed by atoms with Gasteiger partial charge in [0.1, 0.15) is 5.82 Å². The SMILES string of the molecule is Cc1ccc(Nc2nc(Nc3ccc(N4CCN(C)CC4)cc3)ncc2C)cc1S(C)=O. The first-order valence-electron chi connectivity index (χ1n) is 10.7. The molecular formula is C24H30N6OS. The second-order valence-electron chi connectivity index (χ2n) is 8.25. The highest BCUT2D eigenvalue weighted by atomic mass is 32.2. The summed E-state index contributed by atoms with van der Waals surface area (Å²) in [6.07, 6.45) is 3.49. The molecule has 1 atom stereocenters. The van der Waals surface area contributed by atoms with E-state index in [4.69, 9.17) is 0 Å². The highest BCUT2D eigenvalue weighted by Gasteiger charge is 2.14. The van der Waals surface area contributed by atoms with E-state index in [1.165, 1.54) is 5.69 Å². The largest absolute Gasteiger partial charge is 0.369 e. The van der Waals surface area contributed by atoms with Crippen molar-refractivity contribution in [2.45, 2.75) is 18.7 Å². The van der Waals surface area contributed by atoms with Crippen molar-refractivity contribution in [1.82, 2.24) is 14.9 Å². The molecule has 3 aromatic rings. The van der Waals surface area contributed by atoms with Crippen molar-refractivity contribution in [3.8, 4) is 0 Å². The van der Waals surface area contributed by atoms with E-state index in [-0.39, 0.29) is 0 Å². The normalized spacial score (nSPS) is 15.4. The minimum atomic E-state index is -1.04. The molecule has 0 spiro atoms. The van der Waals surface area contributed by atoms with E-state index in [0.717, 1.165) is 53.6 Å². The first-order valence-corrected chi connectivity index (χ1v) is 12.3. The Labute approximate surface area is 192 Å².